The molecule has 196 valence electrons. The molecule has 2 rings (SSSR count). The number of hydrogen-bond acceptors (Lipinski definition) is 9. The van der Waals surface area contributed by atoms with Crippen molar-refractivity contribution < 1.29 is 33.4 Å². The summed E-state index contributed by atoms with van der Waals surface area (Å²) in [5, 5.41) is 23.4. The van der Waals surface area contributed by atoms with Crippen molar-refractivity contribution in [2.24, 2.45) is 0 Å². The van der Waals surface area contributed by atoms with Crippen LogP contribution in [0.5, 0.6) is 5.75 Å². The number of esters is 2. The average molecular weight is 519 g/mol. The maximum Gasteiger partial charge on any atom is 0.354 e. The van der Waals surface area contributed by atoms with E-state index in [0.29, 0.717) is 11.1 Å². The number of hydrogen-bond donors (Lipinski definition) is 2. The molecule has 2 amide bonds. The van der Waals surface area contributed by atoms with Gasteiger partial charge in [0.2, 0.25) is 5.91 Å². The van der Waals surface area contributed by atoms with Crippen LogP contribution in [0, 0.1) is 22.7 Å². The molecule has 0 aromatic heterocycles. The molecule has 11 nitrogen and oxygen atoms in total. The molecule has 0 unspecified atom stereocenters. The lowest BCUT2D eigenvalue weighted by atomic mass is 10.1. The molecule has 2 aromatic rings. The largest absolute Gasteiger partial charge is 0.491 e. The first kappa shape index (κ1) is 29.1. The van der Waals surface area contributed by atoms with Gasteiger partial charge in [-0.3, -0.25) is 14.4 Å². The van der Waals surface area contributed by atoms with Crippen LogP contribution < -0.4 is 15.4 Å². The summed E-state index contributed by atoms with van der Waals surface area (Å²) in [5.74, 6) is -2.22. The van der Waals surface area contributed by atoms with Gasteiger partial charge in [0.25, 0.3) is 5.91 Å². The van der Waals surface area contributed by atoms with Gasteiger partial charge in [0.05, 0.1) is 49.4 Å². The Morgan fingerprint density at radius 2 is 1.68 bits per heavy atom. The van der Waals surface area contributed by atoms with E-state index in [1.54, 1.807) is 6.92 Å². The molecule has 0 aliphatic heterocycles. The maximum atomic E-state index is 12.8. The van der Waals surface area contributed by atoms with Crippen LogP contribution >= 0.6 is 0 Å². The van der Waals surface area contributed by atoms with Crippen molar-refractivity contribution in [1.82, 2.24) is 10.6 Å². The van der Waals surface area contributed by atoms with E-state index in [1.165, 1.54) is 55.5 Å². The minimum absolute atomic E-state index is 0.147. The molecule has 0 saturated heterocycles. The van der Waals surface area contributed by atoms with Gasteiger partial charge in [-0.1, -0.05) is 0 Å². The van der Waals surface area contributed by atoms with E-state index in [2.05, 4.69) is 10.6 Å². The minimum Gasteiger partial charge on any atom is -0.491 e. The van der Waals surface area contributed by atoms with Crippen LogP contribution in [-0.4, -0.2) is 50.1 Å². The van der Waals surface area contributed by atoms with Crippen LogP contribution in [0.1, 0.15) is 47.3 Å². The standard InChI is InChI=1S/C27H26N4O7/c1-4-37-25(33)13-22(31-26(34)20-8-5-18(14-28)6-9-20)16-38-24-11-19(15-29)7-10-21(24)12-23(27(35)36-3)30-17(2)32/h5-12,22H,4,13,16H2,1-3H3,(H,30,32)(H,31,34)/t22-/m0/s1. The molecule has 38 heavy (non-hydrogen) atoms. The van der Waals surface area contributed by atoms with Crippen molar-refractivity contribution >= 4 is 29.8 Å². The molecular formula is C27H26N4O7. The number of nitrogens with zero attached hydrogens (tertiary/aromatic N) is 2. The number of carbonyl (C=O) groups is 4. The molecule has 2 aromatic carbocycles. The van der Waals surface area contributed by atoms with Crippen LogP contribution in [0.3, 0.4) is 0 Å². The second-order valence-corrected chi connectivity index (χ2v) is 7.77. The molecule has 0 bridgehead atoms. The van der Waals surface area contributed by atoms with Crippen molar-refractivity contribution in [2.45, 2.75) is 26.3 Å². The van der Waals surface area contributed by atoms with Crippen molar-refractivity contribution in [2.75, 3.05) is 20.3 Å². The number of amides is 2. The maximum absolute atomic E-state index is 12.8. The zero-order chi connectivity index (χ0) is 28.1. The summed E-state index contributed by atoms with van der Waals surface area (Å²) in [6, 6.07) is 13.5. The highest BCUT2D eigenvalue weighted by Crippen LogP contribution is 2.24. The normalized spacial score (nSPS) is 11.2. The van der Waals surface area contributed by atoms with Gasteiger partial charge in [-0.05, 0) is 55.5 Å². The summed E-state index contributed by atoms with van der Waals surface area (Å²) in [4.78, 5) is 48.6. The number of benzene rings is 2. The number of ether oxygens (including phenoxy) is 3. The molecule has 0 aliphatic rings. The van der Waals surface area contributed by atoms with Crippen molar-refractivity contribution in [1.29, 1.82) is 10.5 Å². The van der Waals surface area contributed by atoms with Gasteiger partial charge in [-0.2, -0.15) is 10.5 Å². The number of methoxy groups -OCH3 is 1. The smallest absolute Gasteiger partial charge is 0.354 e. The molecule has 11 heteroatoms. The highest BCUT2D eigenvalue weighted by Gasteiger charge is 2.20. The average Bonchev–Trinajstić information content (AvgIpc) is 2.91. The molecule has 0 aliphatic carbocycles. The third-order valence-electron chi connectivity index (χ3n) is 4.93. The van der Waals surface area contributed by atoms with Gasteiger partial charge in [-0.25, -0.2) is 4.79 Å². The van der Waals surface area contributed by atoms with Crippen molar-refractivity contribution in [3.05, 3.63) is 70.4 Å². The molecule has 0 fully saturated rings. The van der Waals surface area contributed by atoms with Gasteiger partial charge in [-0.15, -0.1) is 0 Å². The second-order valence-electron chi connectivity index (χ2n) is 7.77. The topological polar surface area (TPSA) is 168 Å². The molecule has 0 radical (unpaired) electrons. The van der Waals surface area contributed by atoms with E-state index in [9.17, 15) is 24.4 Å². The zero-order valence-electron chi connectivity index (χ0n) is 21.1. The first-order chi connectivity index (χ1) is 18.2. The van der Waals surface area contributed by atoms with Gasteiger partial charge in [0.15, 0.2) is 0 Å². The first-order valence-electron chi connectivity index (χ1n) is 11.4. The summed E-state index contributed by atoms with van der Waals surface area (Å²) < 4.78 is 15.6. The Balaban J connectivity index is 2.34. The summed E-state index contributed by atoms with van der Waals surface area (Å²) in [6.07, 6.45) is 1.11. The Morgan fingerprint density at radius 1 is 1.03 bits per heavy atom. The highest BCUT2D eigenvalue weighted by molar-refractivity contribution is 5.98. The van der Waals surface area contributed by atoms with E-state index in [0.717, 1.165) is 7.11 Å². The van der Waals surface area contributed by atoms with E-state index >= 15 is 0 Å². The number of carbonyl (C=O) groups excluding carboxylic acids is 4. The first-order valence-corrected chi connectivity index (χ1v) is 11.4. The molecule has 2 N–H and O–H groups in total. The number of rotatable bonds is 11. The SMILES string of the molecule is CCOC(=O)C[C@@H](COc1cc(C#N)ccc1C=C(NC(C)=O)C(=O)OC)NC(=O)c1ccc(C#N)cc1. The van der Waals surface area contributed by atoms with Gasteiger partial charge >= 0.3 is 11.9 Å². The second kappa shape index (κ2) is 14.4. The Kier molecular flexibility index (Phi) is 11.0. The minimum atomic E-state index is -0.838. The fourth-order valence-electron chi connectivity index (χ4n) is 3.18. The lowest BCUT2D eigenvalue weighted by Crippen LogP contribution is -2.41. The summed E-state index contributed by atoms with van der Waals surface area (Å²) >= 11 is 0. The van der Waals surface area contributed by atoms with Crippen LogP contribution in [-0.2, 0) is 23.9 Å². The Morgan fingerprint density at radius 3 is 2.26 bits per heavy atom. The lowest BCUT2D eigenvalue weighted by Gasteiger charge is -2.20. The fourth-order valence-corrected chi connectivity index (χ4v) is 3.18. The van der Waals surface area contributed by atoms with Crippen LogP contribution in [0.15, 0.2) is 48.2 Å². The molecular weight excluding hydrogens is 492 g/mol. The van der Waals surface area contributed by atoms with Crippen LogP contribution in [0.2, 0.25) is 0 Å². The lowest BCUT2D eigenvalue weighted by molar-refractivity contribution is -0.143. The Labute approximate surface area is 219 Å². The summed E-state index contributed by atoms with van der Waals surface area (Å²) in [6.45, 7) is 2.82. The Bertz CT molecular complexity index is 1300. The van der Waals surface area contributed by atoms with Crippen LogP contribution in [0.25, 0.3) is 6.08 Å². The van der Waals surface area contributed by atoms with E-state index in [-0.39, 0.29) is 42.2 Å². The van der Waals surface area contributed by atoms with Gasteiger partial charge < -0.3 is 24.8 Å². The Hall–Kier alpha value is -5.16. The summed E-state index contributed by atoms with van der Waals surface area (Å²) in [7, 11) is 1.16. The third-order valence-corrected chi connectivity index (χ3v) is 4.93. The third kappa shape index (κ3) is 8.81. The number of nitriles is 2. The monoisotopic (exact) mass is 518 g/mol. The number of nitrogens with one attached hydrogen (secondary N) is 2. The van der Waals surface area contributed by atoms with E-state index in [4.69, 9.17) is 19.5 Å². The van der Waals surface area contributed by atoms with Crippen molar-refractivity contribution in [3.8, 4) is 17.9 Å². The van der Waals surface area contributed by atoms with E-state index < -0.39 is 29.8 Å². The molecule has 0 saturated carbocycles. The molecule has 0 spiro atoms. The predicted octanol–water partition coefficient (Wildman–Crippen LogP) is 2.21. The fraction of sp³-hybridized carbons (Fsp3) is 0.259. The highest BCUT2D eigenvalue weighted by atomic mass is 16.5. The zero-order valence-corrected chi connectivity index (χ0v) is 21.1. The molecule has 1 atom stereocenters. The van der Waals surface area contributed by atoms with E-state index in [1.807, 2.05) is 12.1 Å². The van der Waals surface area contributed by atoms with Gasteiger partial charge in [0.1, 0.15) is 18.1 Å². The molecule has 0 heterocycles. The van der Waals surface area contributed by atoms with Crippen molar-refractivity contribution in [3.63, 3.8) is 0 Å². The van der Waals surface area contributed by atoms with Crippen LogP contribution in [0.4, 0.5) is 0 Å². The predicted molar refractivity (Wildman–Crippen MR) is 134 cm³/mol. The quantitative estimate of drug-likeness (QED) is 0.335. The van der Waals surface area contributed by atoms with Gasteiger partial charge in [0, 0.05) is 18.1 Å². The summed E-state index contributed by atoms with van der Waals surface area (Å²) in [5.41, 5.74) is 1.07.